The van der Waals surface area contributed by atoms with Gasteiger partial charge in [0.05, 0.1) is 0 Å². The van der Waals surface area contributed by atoms with Crippen LogP contribution in [0.5, 0.6) is 0 Å². The minimum atomic E-state index is -0.526. The van der Waals surface area contributed by atoms with Crippen molar-refractivity contribution in [1.82, 2.24) is 0 Å². The van der Waals surface area contributed by atoms with E-state index in [0.29, 0.717) is 5.92 Å². The molecule has 0 saturated heterocycles. The van der Waals surface area contributed by atoms with Crippen LogP contribution >= 0.6 is 0 Å². The van der Waals surface area contributed by atoms with Gasteiger partial charge in [-0.15, -0.1) is 0 Å². The van der Waals surface area contributed by atoms with Gasteiger partial charge in [-0.2, -0.15) is 0 Å². The van der Waals surface area contributed by atoms with E-state index in [9.17, 15) is 5.11 Å². The lowest BCUT2D eigenvalue weighted by Gasteiger charge is -2.11. The predicted octanol–water partition coefficient (Wildman–Crippen LogP) is 4.17. The van der Waals surface area contributed by atoms with E-state index in [2.05, 4.69) is 38.7 Å². The van der Waals surface area contributed by atoms with E-state index in [0.717, 1.165) is 24.8 Å². The van der Waals surface area contributed by atoms with Crippen molar-refractivity contribution in [2.24, 2.45) is 5.92 Å². The molecule has 0 spiro atoms. The minimum Gasteiger partial charge on any atom is -0.380 e. The molecule has 1 heteroatoms. The average molecular weight is 256 g/mol. The molecule has 0 heterocycles. The Morgan fingerprint density at radius 3 is 2.58 bits per heavy atom. The summed E-state index contributed by atoms with van der Waals surface area (Å²) in [7, 11) is 0. The maximum absolute atomic E-state index is 9.90. The molecule has 1 nitrogen and oxygen atoms in total. The van der Waals surface area contributed by atoms with E-state index in [1.54, 1.807) is 0 Å². The Hall–Kier alpha value is -1.52. The van der Waals surface area contributed by atoms with Crippen LogP contribution in [0.2, 0.25) is 0 Å². The normalized spacial score (nSPS) is 13.1. The first-order valence-electron chi connectivity index (χ1n) is 6.96. The highest BCUT2D eigenvalue weighted by molar-refractivity contribution is 5.34. The number of hydrogen-bond donors (Lipinski definition) is 1. The largest absolute Gasteiger partial charge is 0.380 e. The van der Waals surface area contributed by atoms with Gasteiger partial charge in [-0.05, 0) is 51.2 Å². The summed E-state index contributed by atoms with van der Waals surface area (Å²) in [4.78, 5) is 0. The van der Waals surface area contributed by atoms with Crippen LogP contribution in [0.4, 0.5) is 0 Å². The van der Waals surface area contributed by atoms with Gasteiger partial charge in [0.2, 0.25) is 0 Å². The van der Waals surface area contributed by atoms with Crippen LogP contribution in [-0.2, 0) is 0 Å². The van der Waals surface area contributed by atoms with Gasteiger partial charge in [0.1, 0.15) is 6.10 Å². The first-order valence-corrected chi connectivity index (χ1v) is 6.96. The summed E-state index contributed by atoms with van der Waals surface area (Å²) in [5, 5.41) is 9.90. The molecule has 0 fully saturated rings. The molecule has 0 saturated carbocycles. The fourth-order valence-electron chi connectivity index (χ4n) is 1.90. The second-order valence-electron chi connectivity index (χ2n) is 5.35. The standard InChI is InChI=1S/C18H24O/c1-15(2)8-7-9-16(3)14-18(19)13-12-17-10-5-4-6-11-17/h4-6,8,10-11,16,18-19H,7,9,14H2,1-3H3/t16-,18-/m0/s1. The Labute approximate surface area is 117 Å². The number of allylic oxidation sites excluding steroid dienone is 2. The molecular weight excluding hydrogens is 232 g/mol. The van der Waals surface area contributed by atoms with E-state index in [1.807, 2.05) is 30.3 Å². The van der Waals surface area contributed by atoms with Crippen LogP contribution in [0.1, 0.15) is 45.6 Å². The third-order valence-electron chi connectivity index (χ3n) is 2.99. The zero-order valence-corrected chi connectivity index (χ0v) is 12.2. The van der Waals surface area contributed by atoms with Gasteiger partial charge in [0.25, 0.3) is 0 Å². The Kier molecular flexibility index (Phi) is 7.00. The van der Waals surface area contributed by atoms with E-state index < -0.39 is 6.10 Å². The fourth-order valence-corrected chi connectivity index (χ4v) is 1.90. The van der Waals surface area contributed by atoms with E-state index in [1.165, 1.54) is 5.57 Å². The number of hydrogen-bond acceptors (Lipinski definition) is 1. The van der Waals surface area contributed by atoms with Crippen molar-refractivity contribution in [3.63, 3.8) is 0 Å². The molecular formula is C18H24O. The van der Waals surface area contributed by atoms with Crippen LogP contribution < -0.4 is 0 Å². The molecule has 0 unspecified atom stereocenters. The van der Waals surface area contributed by atoms with Gasteiger partial charge in [0.15, 0.2) is 0 Å². The highest BCUT2D eigenvalue weighted by Crippen LogP contribution is 2.14. The number of rotatable bonds is 5. The molecule has 1 N–H and O–H groups in total. The second kappa shape index (κ2) is 8.56. The molecule has 0 aliphatic heterocycles. The quantitative estimate of drug-likeness (QED) is 0.619. The molecule has 0 aliphatic rings. The Balaban J connectivity index is 2.37. The molecule has 0 aliphatic carbocycles. The summed E-state index contributed by atoms with van der Waals surface area (Å²) >= 11 is 0. The first-order chi connectivity index (χ1) is 9.08. The molecule has 0 aromatic heterocycles. The summed E-state index contributed by atoms with van der Waals surface area (Å²) in [5.41, 5.74) is 2.32. The van der Waals surface area contributed by atoms with Gasteiger partial charge < -0.3 is 5.11 Å². The lowest BCUT2D eigenvalue weighted by Crippen LogP contribution is -2.09. The topological polar surface area (TPSA) is 20.2 Å². The highest BCUT2D eigenvalue weighted by atomic mass is 16.3. The van der Waals surface area contributed by atoms with Crippen molar-refractivity contribution < 1.29 is 5.11 Å². The third-order valence-corrected chi connectivity index (χ3v) is 2.99. The van der Waals surface area contributed by atoms with E-state index in [4.69, 9.17) is 0 Å². The number of benzene rings is 1. The maximum atomic E-state index is 9.90. The van der Waals surface area contributed by atoms with Crippen LogP contribution in [0, 0.1) is 17.8 Å². The number of aliphatic hydroxyl groups is 1. The Bertz CT molecular complexity index is 444. The summed E-state index contributed by atoms with van der Waals surface area (Å²) in [6.45, 7) is 6.40. The summed E-state index contributed by atoms with van der Waals surface area (Å²) in [5.74, 6) is 6.43. The first kappa shape index (κ1) is 15.5. The molecule has 2 atom stereocenters. The van der Waals surface area contributed by atoms with Gasteiger partial charge in [-0.1, -0.05) is 48.6 Å². The molecule has 1 aromatic carbocycles. The van der Waals surface area contributed by atoms with Crippen molar-refractivity contribution >= 4 is 0 Å². The Morgan fingerprint density at radius 2 is 1.95 bits per heavy atom. The summed E-state index contributed by atoms with van der Waals surface area (Å²) in [6.07, 6.45) is 4.66. The lowest BCUT2D eigenvalue weighted by atomic mass is 9.98. The van der Waals surface area contributed by atoms with Gasteiger partial charge in [-0.25, -0.2) is 0 Å². The van der Waals surface area contributed by atoms with Crippen molar-refractivity contribution in [2.75, 3.05) is 0 Å². The molecule has 0 amide bonds. The lowest BCUT2D eigenvalue weighted by molar-refractivity contribution is 0.197. The predicted molar refractivity (Wildman–Crippen MR) is 81.8 cm³/mol. The van der Waals surface area contributed by atoms with E-state index >= 15 is 0 Å². The molecule has 19 heavy (non-hydrogen) atoms. The third kappa shape index (κ3) is 7.49. The van der Waals surface area contributed by atoms with Crippen LogP contribution in [-0.4, -0.2) is 11.2 Å². The fraction of sp³-hybridized carbons (Fsp3) is 0.444. The van der Waals surface area contributed by atoms with Crippen molar-refractivity contribution in [2.45, 2.75) is 46.1 Å². The molecule has 1 aromatic rings. The van der Waals surface area contributed by atoms with Crippen LogP contribution in [0.15, 0.2) is 42.0 Å². The highest BCUT2D eigenvalue weighted by Gasteiger charge is 2.07. The maximum Gasteiger partial charge on any atom is 0.115 e. The van der Waals surface area contributed by atoms with Crippen molar-refractivity contribution in [3.05, 3.63) is 47.5 Å². The van der Waals surface area contributed by atoms with Gasteiger partial charge in [0, 0.05) is 5.56 Å². The zero-order chi connectivity index (χ0) is 14.1. The average Bonchev–Trinajstić information content (AvgIpc) is 2.37. The molecule has 1 rings (SSSR count). The zero-order valence-electron chi connectivity index (χ0n) is 12.2. The van der Waals surface area contributed by atoms with Gasteiger partial charge >= 0.3 is 0 Å². The van der Waals surface area contributed by atoms with Crippen molar-refractivity contribution in [1.29, 1.82) is 0 Å². The number of aliphatic hydroxyl groups excluding tert-OH is 1. The van der Waals surface area contributed by atoms with Crippen LogP contribution in [0.3, 0.4) is 0 Å². The van der Waals surface area contributed by atoms with Crippen LogP contribution in [0.25, 0.3) is 0 Å². The molecule has 102 valence electrons. The van der Waals surface area contributed by atoms with Crippen molar-refractivity contribution in [3.8, 4) is 11.8 Å². The minimum absolute atomic E-state index is 0.496. The monoisotopic (exact) mass is 256 g/mol. The smallest absolute Gasteiger partial charge is 0.115 e. The SMILES string of the molecule is CC(C)=CCC[C@H](C)C[C@@H](O)C#Cc1ccccc1. The molecule has 0 bridgehead atoms. The summed E-state index contributed by atoms with van der Waals surface area (Å²) in [6, 6.07) is 9.79. The summed E-state index contributed by atoms with van der Waals surface area (Å²) < 4.78 is 0. The molecule has 0 radical (unpaired) electrons. The van der Waals surface area contributed by atoms with E-state index in [-0.39, 0.29) is 0 Å². The second-order valence-corrected chi connectivity index (χ2v) is 5.35. The Morgan fingerprint density at radius 1 is 1.26 bits per heavy atom. The van der Waals surface area contributed by atoms with Gasteiger partial charge in [-0.3, -0.25) is 0 Å².